The molecular formula is C14H30O. The van der Waals surface area contributed by atoms with Gasteiger partial charge in [0.25, 0.3) is 0 Å². The summed E-state index contributed by atoms with van der Waals surface area (Å²) >= 11 is 0. The molecule has 1 heteroatoms. The summed E-state index contributed by atoms with van der Waals surface area (Å²) in [4.78, 5) is 0. The van der Waals surface area contributed by atoms with E-state index in [9.17, 15) is 0 Å². The number of hydrogen-bond donors (Lipinski definition) is 0. The smallest absolute Gasteiger partial charge is 0.0464 e. The molecule has 0 aliphatic carbocycles. The Balaban J connectivity index is 3.84. The monoisotopic (exact) mass is 214 g/mol. The van der Waals surface area contributed by atoms with Crippen molar-refractivity contribution in [1.82, 2.24) is 0 Å². The van der Waals surface area contributed by atoms with Crippen molar-refractivity contribution in [2.24, 2.45) is 11.3 Å². The summed E-state index contributed by atoms with van der Waals surface area (Å²) in [5.74, 6) is 0.858. The third-order valence-corrected chi connectivity index (χ3v) is 2.85. The predicted octanol–water partition coefficient (Wildman–Crippen LogP) is 4.66. The molecule has 0 bridgehead atoms. The van der Waals surface area contributed by atoms with E-state index in [1.807, 2.05) is 0 Å². The normalized spacial score (nSPS) is 14.2. The highest BCUT2D eigenvalue weighted by atomic mass is 16.5. The minimum Gasteiger partial charge on any atom is -0.385 e. The lowest BCUT2D eigenvalue weighted by molar-refractivity contribution is 0.157. The molecule has 1 nitrogen and oxygen atoms in total. The molecule has 0 fully saturated rings. The van der Waals surface area contributed by atoms with Gasteiger partial charge in [0.2, 0.25) is 0 Å². The molecule has 15 heavy (non-hydrogen) atoms. The Hall–Kier alpha value is -0.0400. The Morgan fingerprint density at radius 1 is 1.07 bits per heavy atom. The largest absolute Gasteiger partial charge is 0.385 e. The number of unbranched alkanes of at least 4 members (excludes halogenated alkanes) is 2. The first-order valence-electron chi connectivity index (χ1n) is 6.48. The summed E-state index contributed by atoms with van der Waals surface area (Å²) in [7, 11) is 1.81. The molecule has 0 aromatic rings. The molecule has 0 aliphatic rings. The van der Waals surface area contributed by atoms with Crippen molar-refractivity contribution in [3.8, 4) is 0 Å². The maximum absolute atomic E-state index is 5.19. The van der Waals surface area contributed by atoms with Crippen molar-refractivity contribution in [3.05, 3.63) is 0 Å². The molecule has 0 aromatic carbocycles. The van der Waals surface area contributed by atoms with E-state index in [1.165, 1.54) is 38.5 Å². The van der Waals surface area contributed by atoms with Crippen LogP contribution in [0, 0.1) is 11.3 Å². The van der Waals surface area contributed by atoms with E-state index in [1.54, 1.807) is 7.11 Å². The molecule has 0 aromatic heterocycles. The third kappa shape index (κ3) is 10.2. The Kier molecular flexibility index (Phi) is 8.13. The van der Waals surface area contributed by atoms with Gasteiger partial charge >= 0.3 is 0 Å². The van der Waals surface area contributed by atoms with E-state index in [0.29, 0.717) is 5.41 Å². The van der Waals surface area contributed by atoms with Crippen LogP contribution in [0.3, 0.4) is 0 Å². The lowest BCUT2D eigenvalue weighted by atomic mass is 9.81. The zero-order valence-corrected chi connectivity index (χ0v) is 11.4. The van der Waals surface area contributed by atoms with Crippen LogP contribution < -0.4 is 0 Å². The van der Waals surface area contributed by atoms with Crippen LogP contribution in [0.4, 0.5) is 0 Å². The Bertz CT molecular complexity index is 135. The maximum atomic E-state index is 5.19. The second-order valence-corrected chi connectivity index (χ2v) is 5.91. The molecule has 0 heterocycles. The van der Waals surface area contributed by atoms with Crippen molar-refractivity contribution < 1.29 is 4.74 Å². The molecule has 0 spiro atoms. The van der Waals surface area contributed by atoms with Crippen LogP contribution in [0.25, 0.3) is 0 Å². The third-order valence-electron chi connectivity index (χ3n) is 2.85. The van der Waals surface area contributed by atoms with Gasteiger partial charge in [0.1, 0.15) is 0 Å². The van der Waals surface area contributed by atoms with Crippen LogP contribution in [0.15, 0.2) is 0 Å². The van der Waals surface area contributed by atoms with E-state index in [0.717, 1.165) is 12.5 Å². The fourth-order valence-electron chi connectivity index (χ4n) is 2.18. The molecule has 0 radical (unpaired) electrons. The summed E-state index contributed by atoms with van der Waals surface area (Å²) < 4.78 is 5.19. The Morgan fingerprint density at radius 2 is 1.73 bits per heavy atom. The van der Waals surface area contributed by atoms with Gasteiger partial charge in [-0.25, -0.2) is 0 Å². The standard InChI is InChI=1S/C14H30O/c1-6-7-8-9-13(10-11-15-5)12-14(2,3)4/h13H,6-12H2,1-5H3/t13-/m0/s1. The van der Waals surface area contributed by atoms with Crippen LogP contribution in [0.1, 0.15) is 66.2 Å². The zero-order valence-electron chi connectivity index (χ0n) is 11.4. The molecule has 0 saturated heterocycles. The van der Waals surface area contributed by atoms with Gasteiger partial charge < -0.3 is 4.74 Å². The summed E-state index contributed by atoms with van der Waals surface area (Å²) in [5.41, 5.74) is 0.463. The maximum Gasteiger partial charge on any atom is 0.0464 e. The predicted molar refractivity (Wildman–Crippen MR) is 68.2 cm³/mol. The van der Waals surface area contributed by atoms with Gasteiger partial charge in [0, 0.05) is 13.7 Å². The highest BCUT2D eigenvalue weighted by Crippen LogP contribution is 2.29. The first-order valence-corrected chi connectivity index (χ1v) is 6.48. The quantitative estimate of drug-likeness (QED) is 0.534. The lowest BCUT2D eigenvalue weighted by Crippen LogP contribution is -2.15. The fraction of sp³-hybridized carbons (Fsp3) is 1.00. The minimum absolute atomic E-state index is 0.463. The summed E-state index contributed by atoms with van der Waals surface area (Å²) in [6.07, 6.45) is 8.05. The second kappa shape index (κ2) is 8.15. The van der Waals surface area contributed by atoms with Crippen molar-refractivity contribution in [2.75, 3.05) is 13.7 Å². The lowest BCUT2D eigenvalue weighted by Gasteiger charge is -2.26. The van der Waals surface area contributed by atoms with Gasteiger partial charge in [-0.3, -0.25) is 0 Å². The first-order chi connectivity index (χ1) is 6.99. The summed E-state index contributed by atoms with van der Waals surface area (Å²) in [5, 5.41) is 0. The molecule has 0 unspecified atom stereocenters. The van der Waals surface area contributed by atoms with Crippen molar-refractivity contribution in [1.29, 1.82) is 0 Å². The molecule has 0 aliphatic heterocycles. The van der Waals surface area contributed by atoms with E-state index in [2.05, 4.69) is 27.7 Å². The van der Waals surface area contributed by atoms with Gasteiger partial charge in [0.05, 0.1) is 0 Å². The average Bonchev–Trinajstić information content (AvgIpc) is 2.12. The van der Waals surface area contributed by atoms with Crippen molar-refractivity contribution in [2.45, 2.75) is 66.2 Å². The van der Waals surface area contributed by atoms with Crippen LogP contribution in [-0.2, 0) is 4.74 Å². The summed E-state index contributed by atoms with van der Waals surface area (Å²) in [6.45, 7) is 10.2. The van der Waals surface area contributed by atoms with E-state index in [-0.39, 0.29) is 0 Å². The minimum atomic E-state index is 0.463. The zero-order chi connectivity index (χ0) is 11.7. The average molecular weight is 214 g/mol. The molecule has 0 amide bonds. The molecule has 1 atom stereocenters. The second-order valence-electron chi connectivity index (χ2n) is 5.91. The van der Waals surface area contributed by atoms with Crippen LogP contribution in [0.5, 0.6) is 0 Å². The Labute approximate surface area is 96.6 Å². The SMILES string of the molecule is CCCCC[C@@H](CCOC)CC(C)(C)C. The summed E-state index contributed by atoms with van der Waals surface area (Å²) in [6, 6.07) is 0. The highest BCUT2D eigenvalue weighted by Gasteiger charge is 2.18. The van der Waals surface area contributed by atoms with Crippen LogP contribution in [-0.4, -0.2) is 13.7 Å². The van der Waals surface area contributed by atoms with Crippen molar-refractivity contribution >= 4 is 0 Å². The highest BCUT2D eigenvalue weighted by molar-refractivity contribution is 4.69. The number of ether oxygens (including phenoxy) is 1. The van der Waals surface area contributed by atoms with E-state index in [4.69, 9.17) is 4.74 Å². The number of methoxy groups -OCH3 is 1. The van der Waals surface area contributed by atoms with Gasteiger partial charge in [-0.05, 0) is 24.2 Å². The Morgan fingerprint density at radius 3 is 2.20 bits per heavy atom. The van der Waals surface area contributed by atoms with Gasteiger partial charge in [0.15, 0.2) is 0 Å². The topological polar surface area (TPSA) is 9.23 Å². The van der Waals surface area contributed by atoms with E-state index < -0.39 is 0 Å². The number of hydrogen-bond acceptors (Lipinski definition) is 1. The molecule has 0 saturated carbocycles. The van der Waals surface area contributed by atoms with Gasteiger partial charge in [-0.15, -0.1) is 0 Å². The molecular weight excluding hydrogens is 184 g/mol. The number of rotatable bonds is 8. The van der Waals surface area contributed by atoms with Crippen LogP contribution in [0.2, 0.25) is 0 Å². The van der Waals surface area contributed by atoms with Crippen molar-refractivity contribution in [3.63, 3.8) is 0 Å². The molecule has 0 N–H and O–H groups in total. The first kappa shape index (κ1) is 15.0. The van der Waals surface area contributed by atoms with Gasteiger partial charge in [-0.2, -0.15) is 0 Å². The van der Waals surface area contributed by atoms with E-state index >= 15 is 0 Å². The van der Waals surface area contributed by atoms with Gasteiger partial charge in [-0.1, -0.05) is 53.4 Å². The fourth-order valence-corrected chi connectivity index (χ4v) is 2.18. The molecule has 0 rings (SSSR count). The van der Waals surface area contributed by atoms with Crippen LogP contribution >= 0.6 is 0 Å². The molecule has 92 valence electrons.